The molecular formula is C9H12N2O3. The van der Waals surface area contributed by atoms with Gasteiger partial charge in [-0.15, -0.1) is 0 Å². The number of aliphatic hydroxyl groups is 1. The predicted molar refractivity (Wildman–Crippen MR) is 50.8 cm³/mol. The fourth-order valence-electron chi connectivity index (χ4n) is 0.972. The summed E-state index contributed by atoms with van der Waals surface area (Å²) in [6, 6.07) is 1.50. The zero-order valence-electron chi connectivity index (χ0n) is 7.86. The van der Waals surface area contributed by atoms with Gasteiger partial charge < -0.3 is 15.6 Å². The molecular weight excluding hydrogens is 184 g/mol. The van der Waals surface area contributed by atoms with Gasteiger partial charge in [-0.1, -0.05) is 0 Å². The van der Waals surface area contributed by atoms with Crippen LogP contribution in [0.3, 0.4) is 0 Å². The smallest absolute Gasteiger partial charge is 0.340 e. The number of carbonyl (C=O) groups is 1. The number of anilines is 1. The Morgan fingerprint density at radius 1 is 1.71 bits per heavy atom. The van der Waals surface area contributed by atoms with Crippen LogP contribution in [0, 0.1) is 6.92 Å². The number of esters is 1. The molecule has 0 atom stereocenters. The first-order chi connectivity index (χ1) is 6.65. The van der Waals surface area contributed by atoms with Crippen molar-refractivity contribution >= 4 is 11.7 Å². The summed E-state index contributed by atoms with van der Waals surface area (Å²) in [5.74, 6) is -0.517. The summed E-state index contributed by atoms with van der Waals surface area (Å²) in [7, 11) is 0. The first-order valence-electron chi connectivity index (χ1n) is 4.15. The lowest BCUT2D eigenvalue weighted by Gasteiger charge is -2.05. The molecule has 0 amide bonds. The summed E-state index contributed by atoms with van der Waals surface area (Å²) < 4.78 is 4.73. The van der Waals surface area contributed by atoms with Crippen LogP contribution in [0.2, 0.25) is 0 Å². The number of aromatic nitrogens is 1. The maximum absolute atomic E-state index is 11.3. The highest BCUT2D eigenvalue weighted by Crippen LogP contribution is 2.10. The molecule has 0 bridgehead atoms. The van der Waals surface area contributed by atoms with Crippen molar-refractivity contribution in [2.75, 3.05) is 18.9 Å². The average Bonchev–Trinajstić information content (AvgIpc) is 2.18. The van der Waals surface area contributed by atoms with E-state index >= 15 is 0 Å². The fourth-order valence-corrected chi connectivity index (χ4v) is 0.972. The van der Waals surface area contributed by atoms with Crippen molar-refractivity contribution in [3.05, 3.63) is 23.5 Å². The molecule has 0 fully saturated rings. The number of aliphatic hydroxyl groups excluding tert-OH is 1. The Kier molecular flexibility index (Phi) is 3.41. The molecule has 0 saturated carbocycles. The molecule has 1 aromatic heterocycles. The molecule has 0 aromatic carbocycles. The van der Waals surface area contributed by atoms with Gasteiger partial charge in [0.15, 0.2) is 0 Å². The maximum Gasteiger partial charge on any atom is 0.340 e. The highest BCUT2D eigenvalue weighted by Gasteiger charge is 2.11. The van der Waals surface area contributed by atoms with Gasteiger partial charge >= 0.3 is 5.97 Å². The van der Waals surface area contributed by atoms with E-state index in [-0.39, 0.29) is 13.2 Å². The van der Waals surface area contributed by atoms with Gasteiger partial charge in [0.1, 0.15) is 6.61 Å². The number of nitrogens with two attached hydrogens (primary N) is 1. The summed E-state index contributed by atoms with van der Waals surface area (Å²) in [6.07, 6.45) is 1.47. The van der Waals surface area contributed by atoms with Gasteiger partial charge in [-0.2, -0.15) is 0 Å². The molecule has 14 heavy (non-hydrogen) atoms. The Labute approximate surface area is 81.5 Å². The van der Waals surface area contributed by atoms with E-state index in [2.05, 4.69) is 4.98 Å². The molecule has 0 aliphatic carbocycles. The Balaban J connectivity index is 2.83. The molecule has 0 spiro atoms. The van der Waals surface area contributed by atoms with E-state index in [1.165, 1.54) is 12.3 Å². The molecule has 0 unspecified atom stereocenters. The van der Waals surface area contributed by atoms with Crippen LogP contribution in [0.4, 0.5) is 5.69 Å². The van der Waals surface area contributed by atoms with Crippen molar-refractivity contribution in [3.8, 4) is 0 Å². The summed E-state index contributed by atoms with van der Waals surface area (Å²) in [5, 5.41) is 8.47. The van der Waals surface area contributed by atoms with E-state index in [0.717, 1.165) is 0 Å². The van der Waals surface area contributed by atoms with Crippen molar-refractivity contribution in [1.82, 2.24) is 4.98 Å². The van der Waals surface area contributed by atoms with Gasteiger partial charge in [0.2, 0.25) is 0 Å². The minimum Gasteiger partial charge on any atom is -0.460 e. The van der Waals surface area contributed by atoms with Crippen LogP contribution in [0.1, 0.15) is 16.1 Å². The number of carbonyl (C=O) groups excluding carboxylic acids is 1. The Bertz CT molecular complexity index is 339. The number of ether oxygens (including phenoxy) is 1. The van der Waals surface area contributed by atoms with Crippen LogP contribution >= 0.6 is 0 Å². The number of hydrogen-bond donors (Lipinski definition) is 2. The van der Waals surface area contributed by atoms with Crippen molar-refractivity contribution in [1.29, 1.82) is 0 Å². The molecule has 5 nitrogen and oxygen atoms in total. The predicted octanol–water partition coefficient (Wildman–Crippen LogP) is 0.121. The molecule has 0 radical (unpaired) electrons. The van der Waals surface area contributed by atoms with E-state index in [4.69, 9.17) is 15.6 Å². The summed E-state index contributed by atoms with van der Waals surface area (Å²) in [6.45, 7) is 1.47. The van der Waals surface area contributed by atoms with E-state index < -0.39 is 5.97 Å². The molecule has 5 heteroatoms. The second kappa shape index (κ2) is 4.57. The normalized spacial score (nSPS) is 9.86. The number of nitrogens with zero attached hydrogens (tertiary/aromatic N) is 1. The Hall–Kier alpha value is -1.62. The van der Waals surface area contributed by atoms with Gasteiger partial charge in [0.25, 0.3) is 0 Å². The number of hydrogen-bond acceptors (Lipinski definition) is 5. The van der Waals surface area contributed by atoms with Crippen LogP contribution in [-0.4, -0.2) is 29.3 Å². The molecule has 1 heterocycles. The van der Waals surface area contributed by atoms with Gasteiger partial charge in [-0.05, 0) is 13.0 Å². The second-order valence-electron chi connectivity index (χ2n) is 2.76. The Morgan fingerprint density at radius 3 is 3.07 bits per heavy atom. The van der Waals surface area contributed by atoms with Crippen molar-refractivity contribution in [2.45, 2.75) is 6.92 Å². The zero-order chi connectivity index (χ0) is 10.6. The van der Waals surface area contributed by atoms with Crippen LogP contribution in [0.5, 0.6) is 0 Å². The quantitative estimate of drug-likeness (QED) is 0.671. The summed E-state index contributed by atoms with van der Waals surface area (Å²) in [5.41, 5.74) is 6.77. The van der Waals surface area contributed by atoms with Gasteiger partial charge in [-0.3, -0.25) is 4.98 Å². The molecule has 0 aliphatic rings. The minimum atomic E-state index is -0.517. The number of aryl methyl sites for hydroxylation is 1. The van der Waals surface area contributed by atoms with Crippen LogP contribution < -0.4 is 5.73 Å². The maximum atomic E-state index is 11.3. The molecule has 1 rings (SSSR count). The third-order valence-corrected chi connectivity index (χ3v) is 1.65. The monoisotopic (exact) mass is 196 g/mol. The van der Waals surface area contributed by atoms with Crippen LogP contribution in [0.15, 0.2) is 12.3 Å². The zero-order valence-corrected chi connectivity index (χ0v) is 7.86. The minimum absolute atomic E-state index is 0.0208. The standard InChI is InChI=1S/C9H12N2O3/c1-6-8(4-7(10)5-11-6)9(13)14-3-2-12/h4-5,12H,2-3,10H2,1H3. The number of rotatable bonds is 3. The summed E-state index contributed by atoms with van der Waals surface area (Å²) in [4.78, 5) is 15.3. The number of pyridine rings is 1. The van der Waals surface area contributed by atoms with Crippen LogP contribution in [0.25, 0.3) is 0 Å². The third kappa shape index (κ3) is 2.43. The van der Waals surface area contributed by atoms with Gasteiger partial charge in [0.05, 0.1) is 29.7 Å². The molecule has 1 aromatic rings. The highest BCUT2D eigenvalue weighted by atomic mass is 16.5. The van der Waals surface area contributed by atoms with Gasteiger partial charge in [-0.25, -0.2) is 4.79 Å². The molecule has 76 valence electrons. The van der Waals surface area contributed by atoms with E-state index in [0.29, 0.717) is 16.9 Å². The first kappa shape index (κ1) is 10.5. The molecule has 0 aliphatic heterocycles. The van der Waals surface area contributed by atoms with Crippen molar-refractivity contribution < 1.29 is 14.6 Å². The van der Waals surface area contributed by atoms with E-state index in [1.54, 1.807) is 6.92 Å². The van der Waals surface area contributed by atoms with E-state index in [9.17, 15) is 4.79 Å². The average molecular weight is 196 g/mol. The summed E-state index contributed by atoms with van der Waals surface area (Å²) >= 11 is 0. The lowest BCUT2D eigenvalue weighted by molar-refractivity contribution is 0.0432. The van der Waals surface area contributed by atoms with E-state index in [1.807, 2.05) is 0 Å². The van der Waals surface area contributed by atoms with Crippen LogP contribution in [-0.2, 0) is 4.74 Å². The molecule has 3 N–H and O–H groups in total. The largest absolute Gasteiger partial charge is 0.460 e. The first-order valence-corrected chi connectivity index (χ1v) is 4.15. The second-order valence-corrected chi connectivity index (χ2v) is 2.76. The lowest BCUT2D eigenvalue weighted by Crippen LogP contribution is -2.11. The van der Waals surface area contributed by atoms with Crippen molar-refractivity contribution in [2.24, 2.45) is 0 Å². The topological polar surface area (TPSA) is 85.4 Å². The number of nitrogen functional groups attached to an aromatic ring is 1. The Morgan fingerprint density at radius 2 is 2.43 bits per heavy atom. The fraction of sp³-hybridized carbons (Fsp3) is 0.333. The SMILES string of the molecule is Cc1ncc(N)cc1C(=O)OCCO. The highest BCUT2D eigenvalue weighted by molar-refractivity contribution is 5.91. The third-order valence-electron chi connectivity index (χ3n) is 1.65. The lowest BCUT2D eigenvalue weighted by atomic mass is 10.2. The molecule has 0 saturated heterocycles. The van der Waals surface area contributed by atoms with Crippen molar-refractivity contribution in [3.63, 3.8) is 0 Å². The van der Waals surface area contributed by atoms with Gasteiger partial charge in [0, 0.05) is 0 Å².